The topological polar surface area (TPSA) is 134 Å². The van der Waals surface area contributed by atoms with Gasteiger partial charge < -0.3 is 19.5 Å². The van der Waals surface area contributed by atoms with Crippen molar-refractivity contribution in [3.05, 3.63) is 57.6 Å². The van der Waals surface area contributed by atoms with Gasteiger partial charge in [-0.1, -0.05) is 0 Å². The molecule has 0 saturated carbocycles. The number of amides is 1. The fourth-order valence-corrected chi connectivity index (χ4v) is 2.57. The van der Waals surface area contributed by atoms with Crippen molar-refractivity contribution in [2.45, 2.75) is 13.3 Å². The summed E-state index contributed by atoms with van der Waals surface area (Å²) >= 11 is 0. The Morgan fingerprint density at radius 2 is 1.80 bits per heavy atom. The van der Waals surface area contributed by atoms with Gasteiger partial charge in [-0.05, 0) is 37.3 Å². The summed E-state index contributed by atoms with van der Waals surface area (Å²) in [6.45, 7) is 0.753. The van der Waals surface area contributed by atoms with Crippen LogP contribution in [0, 0.1) is 10.1 Å². The second-order valence-corrected chi connectivity index (χ2v) is 6.11. The predicted molar refractivity (Wildman–Crippen MR) is 106 cm³/mol. The molecule has 2 aromatic carbocycles. The van der Waals surface area contributed by atoms with Gasteiger partial charge in [-0.3, -0.25) is 24.5 Å². The SMILES string of the molecule is COc1ccc(NC(=O)COC(=O)Cc2cc(C(C)=O)ccc2OC)c([N+](=O)[O-])c1. The molecular formula is C20H20N2O8. The van der Waals surface area contributed by atoms with E-state index in [9.17, 15) is 24.5 Å². The molecule has 158 valence electrons. The zero-order valence-corrected chi connectivity index (χ0v) is 16.6. The molecule has 1 N–H and O–H groups in total. The third-order valence-electron chi connectivity index (χ3n) is 4.06. The maximum atomic E-state index is 12.1. The summed E-state index contributed by atoms with van der Waals surface area (Å²) in [4.78, 5) is 46.2. The lowest BCUT2D eigenvalue weighted by atomic mass is 10.0. The third-order valence-corrected chi connectivity index (χ3v) is 4.06. The number of hydrogen-bond donors (Lipinski definition) is 1. The summed E-state index contributed by atoms with van der Waals surface area (Å²) < 4.78 is 15.0. The highest BCUT2D eigenvalue weighted by Crippen LogP contribution is 2.29. The van der Waals surface area contributed by atoms with E-state index in [0.717, 1.165) is 6.07 Å². The van der Waals surface area contributed by atoms with Gasteiger partial charge in [0.05, 0.1) is 31.6 Å². The van der Waals surface area contributed by atoms with Gasteiger partial charge in [-0.15, -0.1) is 0 Å². The average molecular weight is 416 g/mol. The zero-order valence-electron chi connectivity index (χ0n) is 16.6. The number of nitro groups is 1. The number of nitro benzene ring substituents is 1. The fraction of sp³-hybridized carbons (Fsp3) is 0.250. The lowest BCUT2D eigenvalue weighted by molar-refractivity contribution is -0.384. The van der Waals surface area contributed by atoms with E-state index in [1.807, 2.05) is 0 Å². The maximum absolute atomic E-state index is 12.1. The van der Waals surface area contributed by atoms with Gasteiger partial charge >= 0.3 is 5.97 Å². The average Bonchev–Trinajstić information content (AvgIpc) is 2.72. The predicted octanol–water partition coefficient (Wildman–Crippen LogP) is 2.54. The van der Waals surface area contributed by atoms with E-state index >= 15 is 0 Å². The van der Waals surface area contributed by atoms with Crippen LogP contribution in [0.15, 0.2) is 36.4 Å². The Morgan fingerprint density at radius 1 is 1.07 bits per heavy atom. The number of esters is 1. The number of nitrogens with zero attached hydrogens (tertiary/aromatic N) is 1. The van der Waals surface area contributed by atoms with E-state index in [-0.39, 0.29) is 29.3 Å². The van der Waals surface area contributed by atoms with Crippen LogP contribution in [0.1, 0.15) is 22.8 Å². The number of ketones is 1. The molecule has 0 aliphatic carbocycles. The first kappa shape index (κ1) is 22.3. The Balaban J connectivity index is 2.00. The molecule has 10 nitrogen and oxygen atoms in total. The minimum absolute atomic E-state index is 0.0577. The van der Waals surface area contributed by atoms with Gasteiger partial charge in [0.15, 0.2) is 12.4 Å². The highest BCUT2D eigenvalue weighted by molar-refractivity contribution is 5.96. The van der Waals surface area contributed by atoms with Gasteiger partial charge in [0.25, 0.3) is 11.6 Å². The molecule has 0 bridgehead atoms. The molecule has 0 atom stereocenters. The molecule has 0 fully saturated rings. The van der Waals surface area contributed by atoms with Crippen molar-refractivity contribution in [1.82, 2.24) is 0 Å². The molecule has 0 aliphatic heterocycles. The summed E-state index contributed by atoms with van der Waals surface area (Å²) in [6, 6.07) is 8.58. The van der Waals surface area contributed by atoms with E-state index in [2.05, 4.69) is 5.32 Å². The molecule has 0 unspecified atom stereocenters. The molecule has 30 heavy (non-hydrogen) atoms. The number of carbonyl (C=O) groups is 3. The number of anilines is 1. The third kappa shape index (κ3) is 5.77. The van der Waals surface area contributed by atoms with Crippen LogP contribution in [0.3, 0.4) is 0 Å². The second-order valence-electron chi connectivity index (χ2n) is 6.11. The molecule has 0 radical (unpaired) electrons. The lowest BCUT2D eigenvalue weighted by Gasteiger charge is -2.10. The van der Waals surface area contributed by atoms with Crippen LogP contribution in [0.25, 0.3) is 0 Å². The molecule has 1 amide bonds. The summed E-state index contributed by atoms with van der Waals surface area (Å²) in [7, 11) is 2.78. The van der Waals surface area contributed by atoms with Gasteiger partial charge in [0, 0.05) is 11.1 Å². The molecule has 0 aliphatic rings. The number of carbonyl (C=O) groups excluding carboxylic acids is 3. The van der Waals surface area contributed by atoms with Crippen LogP contribution in [-0.2, 0) is 20.7 Å². The summed E-state index contributed by atoms with van der Waals surface area (Å²) in [5.74, 6) is -0.995. The smallest absolute Gasteiger partial charge is 0.310 e. The fourth-order valence-electron chi connectivity index (χ4n) is 2.57. The van der Waals surface area contributed by atoms with Gasteiger partial charge in [0.1, 0.15) is 17.2 Å². The summed E-state index contributed by atoms with van der Waals surface area (Å²) in [5.41, 5.74) is 0.419. The monoisotopic (exact) mass is 416 g/mol. The number of benzene rings is 2. The summed E-state index contributed by atoms with van der Waals surface area (Å²) in [5, 5.41) is 13.5. The van der Waals surface area contributed by atoms with Gasteiger partial charge in [-0.2, -0.15) is 0 Å². The Kier molecular flexibility index (Phi) is 7.45. The summed E-state index contributed by atoms with van der Waals surface area (Å²) in [6.07, 6.45) is -0.222. The lowest BCUT2D eigenvalue weighted by Crippen LogP contribution is -2.22. The van der Waals surface area contributed by atoms with Crippen LogP contribution in [0.5, 0.6) is 11.5 Å². The van der Waals surface area contributed by atoms with Gasteiger partial charge in [-0.25, -0.2) is 0 Å². The second kappa shape index (κ2) is 10.0. The highest BCUT2D eigenvalue weighted by atomic mass is 16.6. The molecular weight excluding hydrogens is 396 g/mol. The maximum Gasteiger partial charge on any atom is 0.310 e. The molecule has 0 aromatic heterocycles. The molecule has 10 heteroatoms. The minimum Gasteiger partial charge on any atom is -0.496 e. The van der Waals surface area contributed by atoms with E-state index in [1.54, 1.807) is 12.1 Å². The van der Waals surface area contributed by atoms with Crippen molar-refractivity contribution >= 4 is 29.0 Å². The zero-order chi connectivity index (χ0) is 22.3. The van der Waals surface area contributed by atoms with Crippen LogP contribution >= 0.6 is 0 Å². The van der Waals surface area contributed by atoms with Crippen LogP contribution in [-0.4, -0.2) is 43.4 Å². The number of hydrogen-bond acceptors (Lipinski definition) is 8. The van der Waals surface area contributed by atoms with Crippen LogP contribution in [0.2, 0.25) is 0 Å². The van der Waals surface area contributed by atoms with Crippen molar-refractivity contribution in [2.75, 3.05) is 26.1 Å². The number of nitrogens with one attached hydrogen (secondary N) is 1. The number of rotatable bonds is 9. The van der Waals surface area contributed by atoms with Gasteiger partial charge in [0.2, 0.25) is 0 Å². The number of Topliss-reactive ketones (excluding diaryl/α,β-unsaturated/α-hetero) is 1. The largest absolute Gasteiger partial charge is 0.496 e. The van der Waals surface area contributed by atoms with Crippen molar-refractivity contribution in [3.8, 4) is 11.5 Å². The number of ether oxygens (including phenoxy) is 3. The molecule has 0 spiro atoms. The molecule has 0 saturated heterocycles. The van der Waals surface area contributed by atoms with Crippen molar-refractivity contribution in [2.24, 2.45) is 0 Å². The minimum atomic E-state index is -0.749. The Morgan fingerprint density at radius 3 is 2.40 bits per heavy atom. The van der Waals surface area contributed by atoms with Crippen LogP contribution in [0.4, 0.5) is 11.4 Å². The van der Waals surface area contributed by atoms with E-state index < -0.39 is 23.4 Å². The van der Waals surface area contributed by atoms with Crippen molar-refractivity contribution in [3.63, 3.8) is 0 Å². The first-order valence-electron chi connectivity index (χ1n) is 8.71. The first-order chi connectivity index (χ1) is 14.2. The van der Waals surface area contributed by atoms with E-state index in [1.165, 1.54) is 39.3 Å². The Bertz CT molecular complexity index is 987. The van der Waals surface area contributed by atoms with Crippen LogP contribution < -0.4 is 14.8 Å². The highest BCUT2D eigenvalue weighted by Gasteiger charge is 2.19. The molecule has 2 rings (SSSR count). The standard InChI is InChI=1S/C20H20N2O8/c1-12(23)13-4-7-18(29-3)14(8-13)9-20(25)30-11-19(24)21-16-6-5-15(28-2)10-17(16)22(26)27/h4-8,10H,9,11H2,1-3H3,(H,21,24). The number of methoxy groups -OCH3 is 2. The Hall–Kier alpha value is -3.95. The molecule has 0 heterocycles. The normalized spacial score (nSPS) is 10.1. The first-order valence-corrected chi connectivity index (χ1v) is 8.71. The molecule has 2 aromatic rings. The Labute approximate surface area is 171 Å². The van der Waals surface area contributed by atoms with Crippen molar-refractivity contribution < 1.29 is 33.5 Å². The van der Waals surface area contributed by atoms with Crippen molar-refractivity contribution in [1.29, 1.82) is 0 Å². The van der Waals surface area contributed by atoms with E-state index in [0.29, 0.717) is 16.9 Å². The van der Waals surface area contributed by atoms with E-state index in [4.69, 9.17) is 14.2 Å². The quantitative estimate of drug-likeness (QED) is 0.285.